The maximum Gasteiger partial charge on any atom is 0.404 e. The molecule has 0 radical (unpaired) electrons. The van der Waals surface area contributed by atoms with Crippen molar-refractivity contribution in [2.24, 2.45) is 0 Å². The first-order chi connectivity index (χ1) is 9.22. The Balaban J connectivity index is 3.13. The minimum absolute atomic E-state index is 0.114. The first-order valence-electron chi connectivity index (χ1n) is 5.71. The number of benzene rings is 1. The zero-order chi connectivity index (χ0) is 15.5. The molecule has 0 fully saturated rings. The summed E-state index contributed by atoms with van der Waals surface area (Å²) in [6.45, 7) is 3.00. The molecule has 20 heavy (non-hydrogen) atoms. The summed E-state index contributed by atoms with van der Waals surface area (Å²) in [6, 6.07) is 1.24. The largest absolute Gasteiger partial charge is 0.404 e. The van der Waals surface area contributed by atoms with Crippen LogP contribution in [0.25, 0.3) is 0 Å². The van der Waals surface area contributed by atoms with Crippen molar-refractivity contribution in [3.05, 3.63) is 27.4 Å². The van der Waals surface area contributed by atoms with Crippen LogP contribution in [0.15, 0.2) is 21.5 Å². The van der Waals surface area contributed by atoms with Crippen molar-refractivity contribution in [1.29, 1.82) is 0 Å². The molecule has 1 aromatic rings. The molecule has 1 unspecified atom stereocenters. The van der Waals surface area contributed by atoms with Gasteiger partial charge >= 0.3 is 6.18 Å². The Morgan fingerprint density at radius 2 is 2.05 bits per heavy atom. The molecule has 0 aliphatic heterocycles. The Bertz CT molecular complexity index is 519. The van der Waals surface area contributed by atoms with Gasteiger partial charge in [0.2, 0.25) is 0 Å². The van der Waals surface area contributed by atoms with Crippen molar-refractivity contribution < 1.29 is 17.6 Å². The lowest BCUT2D eigenvalue weighted by Gasteiger charge is -2.23. The summed E-state index contributed by atoms with van der Waals surface area (Å²) in [4.78, 5) is 0.114. The Morgan fingerprint density at radius 1 is 1.45 bits per heavy atom. The molecule has 0 saturated carbocycles. The molecule has 0 heterocycles. The Hall–Kier alpha value is -0.110. The molecule has 0 spiro atoms. The van der Waals surface area contributed by atoms with Crippen LogP contribution in [-0.2, 0) is 0 Å². The number of hydrogen-bond acceptors (Lipinski definition) is 1. The van der Waals surface area contributed by atoms with Gasteiger partial charge in [0.25, 0.3) is 0 Å². The van der Waals surface area contributed by atoms with Gasteiger partial charge in [-0.25, -0.2) is 4.39 Å². The normalized spacial score (nSPS) is 15.4. The third kappa shape index (κ3) is 4.19. The van der Waals surface area contributed by atoms with Gasteiger partial charge in [0.1, 0.15) is 6.04 Å². The number of alkyl halides is 3. The van der Waals surface area contributed by atoms with E-state index in [1.54, 1.807) is 6.92 Å². The zero-order valence-corrected chi connectivity index (χ0v) is 13.9. The van der Waals surface area contributed by atoms with E-state index in [0.29, 0.717) is 4.47 Å². The lowest BCUT2D eigenvalue weighted by atomic mass is 10.2. The second-order valence-corrected chi connectivity index (χ2v) is 6.92. The van der Waals surface area contributed by atoms with E-state index in [0.717, 1.165) is 0 Å². The molecule has 0 saturated heterocycles. The van der Waals surface area contributed by atoms with E-state index < -0.39 is 28.7 Å². The van der Waals surface area contributed by atoms with Gasteiger partial charge in [-0.15, -0.1) is 0 Å². The third-order valence-electron chi connectivity index (χ3n) is 2.54. The first kappa shape index (κ1) is 17.9. The summed E-state index contributed by atoms with van der Waals surface area (Å²) >= 11 is 8.83. The minimum atomic E-state index is -4.38. The maximum absolute atomic E-state index is 14.1. The predicted octanol–water partition coefficient (Wildman–Crippen LogP) is 5.54. The monoisotopic (exact) mass is 393 g/mol. The van der Waals surface area contributed by atoms with Gasteiger partial charge in [0.05, 0.1) is 9.92 Å². The fraction of sp³-hybridized carbons (Fsp3) is 0.417. The van der Waals surface area contributed by atoms with Crippen molar-refractivity contribution >= 4 is 43.6 Å². The van der Waals surface area contributed by atoms with Gasteiger partial charge in [0, 0.05) is 4.47 Å². The Morgan fingerprint density at radius 3 is 2.50 bits per heavy atom. The lowest BCUT2D eigenvalue weighted by molar-refractivity contribution is -0.151. The van der Waals surface area contributed by atoms with Crippen LogP contribution in [0.3, 0.4) is 0 Å². The summed E-state index contributed by atoms with van der Waals surface area (Å²) in [5.74, 6) is -0.716. The molecule has 114 valence electrons. The van der Waals surface area contributed by atoms with Gasteiger partial charge in [-0.3, -0.25) is 4.72 Å². The van der Waals surface area contributed by atoms with Crippen molar-refractivity contribution in [2.75, 3.05) is 0 Å². The predicted molar refractivity (Wildman–Crippen MR) is 80.0 cm³/mol. The SMILES string of the molecule is C/C=S(/N[C@@H](CC)C(F)(F)F)c1ccc(Br)c(Cl)c1F. The molecule has 8 heteroatoms. The third-order valence-corrected chi connectivity index (χ3v) is 5.60. The lowest BCUT2D eigenvalue weighted by Crippen LogP contribution is -2.39. The van der Waals surface area contributed by atoms with Crippen LogP contribution in [-0.4, -0.2) is 17.6 Å². The summed E-state index contributed by atoms with van der Waals surface area (Å²) < 4.78 is 55.2. The summed E-state index contributed by atoms with van der Waals surface area (Å²) in [5, 5.41) is 1.36. The van der Waals surface area contributed by atoms with E-state index in [-0.39, 0.29) is 16.3 Å². The van der Waals surface area contributed by atoms with Crippen LogP contribution in [0.4, 0.5) is 17.6 Å². The fourth-order valence-corrected chi connectivity index (χ4v) is 3.63. The molecule has 0 amide bonds. The summed E-state index contributed by atoms with van der Waals surface area (Å²) in [5.41, 5.74) is 0. The van der Waals surface area contributed by atoms with Crippen LogP contribution < -0.4 is 4.72 Å². The Kier molecular flexibility index (Phi) is 6.50. The highest BCUT2D eigenvalue weighted by Gasteiger charge is 2.38. The molecule has 1 N–H and O–H groups in total. The molecule has 0 aliphatic carbocycles. The topological polar surface area (TPSA) is 12.0 Å². The number of rotatable bonds is 4. The van der Waals surface area contributed by atoms with E-state index >= 15 is 0 Å². The highest BCUT2D eigenvalue weighted by molar-refractivity contribution is 9.10. The molecule has 1 nitrogen and oxygen atoms in total. The van der Waals surface area contributed by atoms with Gasteiger partial charge < -0.3 is 0 Å². The van der Waals surface area contributed by atoms with Gasteiger partial charge in [-0.2, -0.15) is 13.2 Å². The number of hydrogen-bond donors (Lipinski definition) is 1. The second-order valence-electron chi connectivity index (χ2n) is 3.87. The molecule has 1 rings (SSSR count). The van der Waals surface area contributed by atoms with Gasteiger partial charge in [-0.1, -0.05) is 29.2 Å². The average Bonchev–Trinajstić information content (AvgIpc) is 2.37. The molecule has 0 aromatic heterocycles. The molecule has 2 atom stereocenters. The van der Waals surface area contributed by atoms with Crippen LogP contribution in [0, 0.1) is 5.82 Å². The smallest absolute Gasteiger partial charge is 0.254 e. The molecule has 0 bridgehead atoms. The second kappa shape index (κ2) is 7.24. The van der Waals surface area contributed by atoms with E-state index in [2.05, 4.69) is 20.7 Å². The first-order valence-corrected chi connectivity index (χ1v) is 8.17. The molecular formula is C12H13BrClF4NS. The average molecular weight is 395 g/mol. The van der Waals surface area contributed by atoms with E-state index in [1.165, 1.54) is 24.4 Å². The highest BCUT2D eigenvalue weighted by atomic mass is 79.9. The van der Waals surface area contributed by atoms with Gasteiger partial charge in [0.15, 0.2) is 5.82 Å². The van der Waals surface area contributed by atoms with Crippen molar-refractivity contribution in [2.45, 2.75) is 37.4 Å². The zero-order valence-electron chi connectivity index (χ0n) is 10.7. The highest BCUT2D eigenvalue weighted by Crippen LogP contribution is 2.36. The standard InChI is InChI=1S/C12H13BrClF4NS/c1-3-9(12(16,17)18)19-20(4-2)8-6-5-7(13)10(14)11(8)15/h4-6,9,19H,3H2,1-2H3/t9-,20?/m0/s1. The van der Waals surface area contributed by atoms with E-state index in [4.69, 9.17) is 11.6 Å². The van der Waals surface area contributed by atoms with Crippen LogP contribution in [0.1, 0.15) is 20.3 Å². The number of nitrogens with one attached hydrogen (secondary N) is 1. The minimum Gasteiger partial charge on any atom is -0.254 e. The number of halogens is 6. The van der Waals surface area contributed by atoms with Crippen molar-refractivity contribution in [3.63, 3.8) is 0 Å². The van der Waals surface area contributed by atoms with Crippen molar-refractivity contribution in [3.8, 4) is 0 Å². The summed E-state index contributed by atoms with van der Waals surface area (Å²) in [7, 11) is -1.18. The molecule has 0 aliphatic rings. The van der Waals surface area contributed by atoms with E-state index in [9.17, 15) is 17.6 Å². The fourth-order valence-electron chi connectivity index (χ4n) is 1.47. The van der Waals surface area contributed by atoms with Gasteiger partial charge in [-0.05, 0) is 46.8 Å². The summed E-state index contributed by atoms with van der Waals surface area (Å²) in [6.07, 6.45) is -4.51. The molecular weight excluding hydrogens is 382 g/mol. The van der Waals surface area contributed by atoms with Crippen LogP contribution >= 0.6 is 38.2 Å². The molecule has 1 aromatic carbocycles. The van der Waals surface area contributed by atoms with Crippen LogP contribution in [0.5, 0.6) is 0 Å². The Labute approximate surface area is 130 Å². The quantitative estimate of drug-likeness (QED) is 0.402. The maximum atomic E-state index is 14.1. The van der Waals surface area contributed by atoms with E-state index in [1.807, 2.05) is 0 Å². The van der Waals surface area contributed by atoms with Crippen molar-refractivity contribution in [1.82, 2.24) is 4.72 Å². The van der Waals surface area contributed by atoms with Crippen LogP contribution in [0.2, 0.25) is 5.02 Å².